The van der Waals surface area contributed by atoms with Crippen LogP contribution in [0.4, 0.5) is 0 Å². The molecule has 0 saturated carbocycles. The van der Waals surface area contributed by atoms with Gasteiger partial charge < -0.3 is 5.32 Å². The fraction of sp³-hybridized carbons (Fsp3) is 0.467. The summed E-state index contributed by atoms with van der Waals surface area (Å²) < 4.78 is 26.2. The average molecular weight is 296 g/mol. The third-order valence-corrected chi connectivity index (χ3v) is 4.96. The normalized spacial score (nSPS) is 11.8. The van der Waals surface area contributed by atoms with Gasteiger partial charge in [0.15, 0.2) is 0 Å². The zero-order chi connectivity index (χ0) is 15.0. The molecule has 0 bridgehead atoms. The lowest BCUT2D eigenvalue weighted by atomic mass is 10.2. The molecule has 5 heteroatoms. The first-order valence-electron chi connectivity index (χ1n) is 6.97. The van der Waals surface area contributed by atoms with Crippen LogP contribution in [0.3, 0.4) is 0 Å². The van der Waals surface area contributed by atoms with Crippen molar-refractivity contribution in [2.24, 2.45) is 0 Å². The number of benzene rings is 1. The lowest BCUT2D eigenvalue weighted by molar-refractivity contribution is 0.460. The van der Waals surface area contributed by atoms with E-state index in [1.54, 1.807) is 18.2 Å². The molecule has 0 saturated heterocycles. The van der Waals surface area contributed by atoms with Gasteiger partial charge in [0.1, 0.15) is 0 Å². The lowest BCUT2D eigenvalue weighted by Gasteiger charge is -2.18. The number of hydrogen-bond acceptors (Lipinski definition) is 3. The van der Waals surface area contributed by atoms with Crippen LogP contribution >= 0.6 is 0 Å². The molecule has 0 heterocycles. The smallest absolute Gasteiger partial charge is 0.243 e. The second kappa shape index (κ2) is 8.19. The Bertz CT molecular complexity index is 509. The Morgan fingerprint density at radius 3 is 2.40 bits per heavy atom. The van der Waals surface area contributed by atoms with Crippen LogP contribution < -0.4 is 5.32 Å². The first kappa shape index (κ1) is 16.9. The predicted molar refractivity (Wildman–Crippen MR) is 83.1 cm³/mol. The summed E-state index contributed by atoms with van der Waals surface area (Å²) in [5.74, 6) is 0. The zero-order valence-electron chi connectivity index (χ0n) is 12.3. The molecule has 1 rings (SSSR count). The van der Waals surface area contributed by atoms with Crippen LogP contribution in [0.1, 0.15) is 25.8 Å². The van der Waals surface area contributed by atoms with Crippen LogP contribution in [0.15, 0.2) is 41.8 Å². The molecule has 0 atom stereocenters. The minimum Gasteiger partial charge on any atom is -0.313 e. The maximum Gasteiger partial charge on any atom is 0.243 e. The van der Waals surface area contributed by atoms with E-state index in [0.717, 1.165) is 25.1 Å². The van der Waals surface area contributed by atoms with Gasteiger partial charge in [-0.05, 0) is 30.7 Å². The quantitative estimate of drug-likeness (QED) is 0.562. The summed E-state index contributed by atoms with van der Waals surface area (Å²) in [6, 6.07) is 7.06. The lowest BCUT2D eigenvalue weighted by Crippen LogP contribution is -2.31. The first-order chi connectivity index (χ1) is 9.56. The Morgan fingerprint density at radius 1 is 1.25 bits per heavy atom. The maximum atomic E-state index is 12.4. The highest BCUT2D eigenvalue weighted by molar-refractivity contribution is 7.89. The first-order valence-corrected chi connectivity index (χ1v) is 8.41. The van der Waals surface area contributed by atoms with E-state index in [4.69, 9.17) is 0 Å². The van der Waals surface area contributed by atoms with Crippen LogP contribution in [0.25, 0.3) is 0 Å². The van der Waals surface area contributed by atoms with Gasteiger partial charge in [-0.3, -0.25) is 0 Å². The summed E-state index contributed by atoms with van der Waals surface area (Å²) in [5.41, 5.74) is 1.09. The van der Waals surface area contributed by atoms with Crippen molar-refractivity contribution in [2.45, 2.75) is 31.7 Å². The standard InChI is InChI=1S/C15H24N2O2S/c1-4-11-16-13-14-7-9-15(10-8-14)20(18,19)17(6-3)12-5-2/h5,7-10,16H,2,4,6,11-13H2,1,3H3. The molecular formula is C15H24N2O2S. The van der Waals surface area contributed by atoms with Crippen molar-refractivity contribution >= 4 is 10.0 Å². The van der Waals surface area contributed by atoms with Crippen molar-refractivity contribution in [2.75, 3.05) is 19.6 Å². The summed E-state index contributed by atoms with van der Waals surface area (Å²) in [7, 11) is -3.41. The van der Waals surface area contributed by atoms with Gasteiger partial charge in [0.05, 0.1) is 4.90 Å². The van der Waals surface area contributed by atoms with Gasteiger partial charge in [-0.1, -0.05) is 32.1 Å². The molecule has 1 aromatic rings. The van der Waals surface area contributed by atoms with E-state index in [1.807, 2.05) is 19.1 Å². The Kier molecular flexibility index (Phi) is 6.91. The number of sulfonamides is 1. The second-order valence-corrected chi connectivity index (χ2v) is 6.50. The van der Waals surface area contributed by atoms with Gasteiger partial charge in [0.2, 0.25) is 10.0 Å². The molecule has 0 aliphatic heterocycles. The van der Waals surface area contributed by atoms with E-state index < -0.39 is 10.0 Å². The van der Waals surface area contributed by atoms with Crippen molar-refractivity contribution in [3.63, 3.8) is 0 Å². The van der Waals surface area contributed by atoms with Crippen LogP contribution in [0.5, 0.6) is 0 Å². The van der Waals surface area contributed by atoms with Gasteiger partial charge in [0.25, 0.3) is 0 Å². The highest BCUT2D eigenvalue weighted by Gasteiger charge is 2.21. The van der Waals surface area contributed by atoms with E-state index in [0.29, 0.717) is 18.0 Å². The van der Waals surface area contributed by atoms with E-state index in [-0.39, 0.29) is 0 Å². The molecule has 0 unspecified atom stereocenters. The average Bonchev–Trinajstić information content (AvgIpc) is 2.45. The third-order valence-electron chi connectivity index (χ3n) is 3.00. The molecule has 1 N–H and O–H groups in total. The molecule has 0 aliphatic carbocycles. The fourth-order valence-electron chi connectivity index (χ4n) is 1.88. The van der Waals surface area contributed by atoms with Crippen molar-refractivity contribution < 1.29 is 8.42 Å². The highest BCUT2D eigenvalue weighted by Crippen LogP contribution is 2.16. The molecule has 20 heavy (non-hydrogen) atoms. The van der Waals surface area contributed by atoms with Crippen molar-refractivity contribution in [1.29, 1.82) is 0 Å². The van der Waals surface area contributed by atoms with Crippen molar-refractivity contribution in [3.05, 3.63) is 42.5 Å². The highest BCUT2D eigenvalue weighted by atomic mass is 32.2. The van der Waals surface area contributed by atoms with Gasteiger partial charge in [0, 0.05) is 19.6 Å². The van der Waals surface area contributed by atoms with Gasteiger partial charge in [-0.2, -0.15) is 4.31 Å². The van der Waals surface area contributed by atoms with Gasteiger partial charge >= 0.3 is 0 Å². The topological polar surface area (TPSA) is 49.4 Å². The Labute approximate surface area is 122 Å². The van der Waals surface area contributed by atoms with E-state index in [9.17, 15) is 8.42 Å². The van der Waals surface area contributed by atoms with E-state index >= 15 is 0 Å². The third kappa shape index (κ3) is 4.44. The summed E-state index contributed by atoms with van der Waals surface area (Å²) in [4.78, 5) is 0.334. The molecule has 112 valence electrons. The largest absolute Gasteiger partial charge is 0.313 e. The maximum absolute atomic E-state index is 12.4. The molecule has 0 aliphatic rings. The molecule has 0 fully saturated rings. The Hall–Kier alpha value is -1.17. The van der Waals surface area contributed by atoms with E-state index in [2.05, 4.69) is 18.8 Å². The van der Waals surface area contributed by atoms with Crippen LogP contribution in [0, 0.1) is 0 Å². The summed E-state index contributed by atoms with van der Waals surface area (Å²) in [5, 5.41) is 3.29. The van der Waals surface area contributed by atoms with Gasteiger partial charge in [-0.25, -0.2) is 8.42 Å². The molecular weight excluding hydrogens is 272 g/mol. The Morgan fingerprint density at radius 2 is 1.90 bits per heavy atom. The minimum absolute atomic E-state index is 0.332. The monoisotopic (exact) mass is 296 g/mol. The molecule has 1 aromatic carbocycles. The number of nitrogens with zero attached hydrogens (tertiary/aromatic N) is 1. The molecule has 0 radical (unpaired) electrons. The van der Waals surface area contributed by atoms with Crippen molar-refractivity contribution in [1.82, 2.24) is 9.62 Å². The number of likely N-dealkylation sites (N-methyl/N-ethyl adjacent to an activating group) is 1. The fourth-order valence-corrected chi connectivity index (χ4v) is 3.30. The van der Waals surface area contributed by atoms with Crippen LogP contribution in [0.2, 0.25) is 0 Å². The number of rotatable bonds is 9. The molecule has 0 aromatic heterocycles. The summed E-state index contributed by atoms with van der Waals surface area (Å²) in [6.45, 7) is 10.0. The predicted octanol–water partition coefficient (Wildman–Crippen LogP) is 2.38. The minimum atomic E-state index is -3.41. The number of hydrogen-bond donors (Lipinski definition) is 1. The second-order valence-electron chi connectivity index (χ2n) is 4.57. The van der Waals surface area contributed by atoms with E-state index in [1.165, 1.54) is 4.31 Å². The summed E-state index contributed by atoms with van der Waals surface area (Å²) >= 11 is 0. The SMILES string of the molecule is C=CCN(CC)S(=O)(=O)c1ccc(CNCCC)cc1. The molecule has 0 spiro atoms. The summed E-state index contributed by atoms with van der Waals surface area (Å²) in [6.07, 6.45) is 2.68. The van der Waals surface area contributed by atoms with Crippen LogP contribution in [-0.4, -0.2) is 32.4 Å². The zero-order valence-corrected chi connectivity index (χ0v) is 13.1. The van der Waals surface area contributed by atoms with Crippen LogP contribution in [-0.2, 0) is 16.6 Å². The van der Waals surface area contributed by atoms with Crippen molar-refractivity contribution in [3.8, 4) is 0 Å². The van der Waals surface area contributed by atoms with Gasteiger partial charge in [-0.15, -0.1) is 6.58 Å². The molecule has 0 amide bonds. The number of nitrogens with one attached hydrogen (secondary N) is 1. The molecule has 4 nitrogen and oxygen atoms in total. The Balaban J connectivity index is 2.83.